The minimum Gasteiger partial charge on any atom is -0.497 e. The zero-order valence-corrected chi connectivity index (χ0v) is 15.1. The molecule has 1 N–H and O–H groups in total. The second-order valence-electron chi connectivity index (χ2n) is 6.00. The lowest BCUT2D eigenvalue weighted by Crippen LogP contribution is -2.32. The molecule has 0 saturated heterocycles. The molecule has 0 bridgehead atoms. The van der Waals surface area contributed by atoms with E-state index in [1.165, 1.54) is 12.3 Å². The molecular formula is C21H20N2O4. The minimum absolute atomic E-state index is 0.00998. The largest absolute Gasteiger partial charge is 0.497 e. The second kappa shape index (κ2) is 8.23. The molecule has 0 unspecified atom stereocenters. The molecule has 1 heterocycles. The van der Waals surface area contributed by atoms with E-state index in [4.69, 9.17) is 9.57 Å². The number of nitrogens with one attached hydrogen (secondary N) is 1. The summed E-state index contributed by atoms with van der Waals surface area (Å²) in [4.78, 5) is 30.6. The van der Waals surface area contributed by atoms with E-state index in [0.29, 0.717) is 11.4 Å². The average molecular weight is 364 g/mol. The summed E-state index contributed by atoms with van der Waals surface area (Å²) in [6.45, 7) is 2.22. The molecule has 27 heavy (non-hydrogen) atoms. The lowest BCUT2D eigenvalue weighted by molar-refractivity contribution is 0.0863. The number of methoxy groups -OCH3 is 1. The van der Waals surface area contributed by atoms with Gasteiger partial charge in [0.05, 0.1) is 7.11 Å². The fourth-order valence-electron chi connectivity index (χ4n) is 2.48. The Morgan fingerprint density at radius 2 is 1.85 bits per heavy atom. The first kappa shape index (κ1) is 18.3. The van der Waals surface area contributed by atoms with E-state index in [-0.39, 0.29) is 12.2 Å². The number of nitrogens with zero attached hydrogens (tertiary/aromatic N) is 1. The van der Waals surface area contributed by atoms with Gasteiger partial charge in [0.15, 0.2) is 0 Å². The topological polar surface area (TPSA) is 69.6 Å². The van der Waals surface area contributed by atoms with Crippen LogP contribution in [0.15, 0.2) is 71.7 Å². The number of hydrogen-bond acceptors (Lipinski definition) is 4. The first-order chi connectivity index (χ1) is 13.1. The Kier molecular flexibility index (Phi) is 5.56. The summed E-state index contributed by atoms with van der Waals surface area (Å²) < 4.78 is 6.20. The quantitative estimate of drug-likeness (QED) is 0.730. The molecule has 1 aromatic heterocycles. The third kappa shape index (κ3) is 4.55. The third-order valence-electron chi connectivity index (χ3n) is 3.98. The number of benzene rings is 2. The first-order valence-electron chi connectivity index (χ1n) is 8.43. The molecule has 3 aromatic rings. The Balaban J connectivity index is 1.74. The standard InChI is InChI=1S/C21H20N2O4/c1-15-8-10-16(11-9-15)14-27-23-12-4-7-19(21(23)25)20(24)22-17-5-3-6-18(13-17)26-2/h3-13H,14H2,1-2H3,(H,22,24). The van der Waals surface area contributed by atoms with Crippen molar-refractivity contribution in [2.75, 3.05) is 12.4 Å². The van der Waals surface area contributed by atoms with Crippen LogP contribution in [0.3, 0.4) is 0 Å². The van der Waals surface area contributed by atoms with Crippen LogP contribution >= 0.6 is 0 Å². The Morgan fingerprint density at radius 3 is 2.59 bits per heavy atom. The van der Waals surface area contributed by atoms with Gasteiger partial charge in [0.25, 0.3) is 11.5 Å². The van der Waals surface area contributed by atoms with Gasteiger partial charge in [-0.3, -0.25) is 9.59 Å². The Hall–Kier alpha value is -3.54. The van der Waals surface area contributed by atoms with Crippen molar-refractivity contribution in [3.8, 4) is 5.75 Å². The molecule has 0 aliphatic heterocycles. The maximum absolute atomic E-state index is 12.6. The molecule has 0 spiro atoms. The summed E-state index contributed by atoms with van der Waals surface area (Å²) in [6, 6.07) is 17.8. The number of anilines is 1. The first-order valence-corrected chi connectivity index (χ1v) is 8.43. The van der Waals surface area contributed by atoms with E-state index in [1.807, 2.05) is 31.2 Å². The van der Waals surface area contributed by atoms with Crippen molar-refractivity contribution in [1.29, 1.82) is 0 Å². The molecule has 138 valence electrons. The molecule has 6 nitrogen and oxygen atoms in total. The zero-order valence-electron chi connectivity index (χ0n) is 15.1. The van der Waals surface area contributed by atoms with E-state index in [1.54, 1.807) is 37.4 Å². The van der Waals surface area contributed by atoms with Gasteiger partial charge in [0.2, 0.25) is 0 Å². The zero-order chi connectivity index (χ0) is 19.2. The van der Waals surface area contributed by atoms with Crippen molar-refractivity contribution in [3.05, 3.63) is 93.9 Å². The number of pyridine rings is 1. The number of carbonyl (C=O) groups excluding carboxylic acids is 1. The molecule has 2 aromatic carbocycles. The van der Waals surface area contributed by atoms with Gasteiger partial charge in [-0.05, 0) is 36.8 Å². The minimum atomic E-state index is -0.523. The lowest BCUT2D eigenvalue weighted by atomic mass is 10.2. The van der Waals surface area contributed by atoms with Gasteiger partial charge < -0.3 is 14.9 Å². The van der Waals surface area contributed by atoms with E-state index in [2.05, 4.69) is 5.32 Å². The van der Waals surface area contributed by atoms with Crippen LogP contribution in [0.2, 0.25) is 0 Å². The number of amides is 1. The third-order valence-corrected chi connectivity index (χ3v) is 3.98. The molecule has 0 fully saturated rings. The van der Waals surface area contributed by atoms with Gasteiger partial charge in [-0.1, -0.05) is 35.9 Å². The van der Waals surface area contributed by atoms with Crippen LogP contribution in [-0.4, -0.2) is 17.7 Å². The molecule has 0 aliphatic rings. The van der Waals surface area contributed by atoms with Gasteiger partial charge in [-0.15, -0.1) is 0 Å². The van der Waals surface area contributed by atoms with Crippen LogP contribution < -0.4 is 20.5 Å². The van der Waals surface area contributed by atoms with Crippen LogP contribution in [0.5, 0.6) is 5.75 Å². The van der Waals surface area contributed by atoms with Crippen LogP contribution in [0.25, 0.3) is 0 Å². The van der Waals surface area contributed by atoms with Crippen LogP contribution in [0.1, 0.15) is 21.5 Å². The van der Waals surface area contributed by atoms with E-state index >= 15 is 0 Å². The number of aryl methyl sites for hydroxylation is 1. The number of aromatic nitrogens is 1. The Labute approximate surface area is 156 Å². The summed E-state index contributed by atoms with van der Waals surface area (Å²) in [5.41, 5.74) is 2.08. The molecule has 1 amide bonds. The van der Waals surface area contributed by atoms with Gasteiger partial charge in [0.1, 0.15) is 17.9 Å². The van der Waals surface area contributed by atoms with Gasteiger partial charge >= 0.3 is 0 Å². The monoisotopic (exact) mass is 364 g/mol. The molecule has 0 aliphatic carbocycles. The highest BCUT2D eigenvalue weighted by Gasteiger charge is 2.13. The van der Waals surface area contributed by atoms with Gasteiger partial charge in [-0.25, -0.2) is 0 Å². The highest BCUT2D eigenvalue weighted by Crippen LogP contribution is 2.17. The molecule has 0 atom stereocenters. The summed E-state index contributed by atoms with van der Waals surface area (Å²) in [6.07, 6.45) is 1.48. The molecule has 6 heteroatoms. The molecule has 0 radical (unpaired) electrons. The maximum Gasteiger partial charge on any atom is 0.295 e. The van der Waals surface area contributed by atoms with E-state index < -0.39 is 11.5 Å². The number of rotatable bonds is 6. The Bertz CT molecular complexity index is 994. The predicted octanol–water partition coefficient (Wildman–Crippen LogP) is 3.05. The maximum atomic E-state index is 12.6. The van der Waals surface area contributed by atoms with Crippen LogP contribution in [-0.2, 0) is 6.61 Å². The van der Waals surface area contributed by atoms with Crippen molar-refractivity contribution >= 4 is 11.6 Å². The molecule has 3 rings (SSSR count). The Morgan fingerprint density at radius 1 is 1.07 bits per heavy atom. The van der Waals surface area contributed by atoms with Crippen molar-refractivity contribution < 1.29 is 14.4 Å². The van der Waals surface area contributed by atoms with E-state index in [0.717, 1.165) is 15.9 Å². The summed E-state index contributed by atoms with van der Waals surface area (Å²) >= 11 is 0. The number of ether oxygens (including phenoxy) is 1. The van der Waals surface area contributed by atoms with Crippen molar-refractivity contribution in [1.82, 2.24) is 4.73 Å². The fraction of sp³-hybridized carbons (Fsp3) is 0.143. The van der Waals surface area contributed by atoms with Crippen LogP contribution in [0.4, 0.5) is 5.69 Å². The number of hydrogen-bond donors (Lipinski definition) is 1. The molecular weight excluding hydrogens is 344 g/mol. The fourth-order valence-corrected chi connectivity index (χ4v) is 2.48. The summed E-state index contributed by atoms with van der Waals surface area (Å²) in [5.74, 6) is 0.0984. The summed E-state index contributed by atoms with van der Waals surface area (Å²) in [5, 5.41) is 2.69. The number of carbonyl (C=O) groups is 1. The van der Waals surface area contributed by atoms with E-state index in [9.17, 15) is 9.59 Å². The van der Waals surface area contributed by atoms with Gasteiger partial charge in [-0.2, -0.15) is 4.73 Å². The highest BCUT2D eigenvalue weighted by molar-refractivity contribution is 6.04. The van der Waals surface area contributed by atoms with Gasteiger partial charge in [0, 0.05) is 18.0 Å². The van der Waals surface area contributed by atoms with Crippen LogP contribution in [0, 0.1) is 6.92 Å². The highest BCUT2D eigenvalue weighted by atomic mass is 16.7. The normalized spacial score (nSPS) is 10.3. The van der Waals surface area contributed by atoms with Crippen molar-refractivity contribution in [2.45, 2.75) is 13.5 Å². The predicted molar refractivity (Wildman–Crippen MR) is 103 cm³/mol. The second-order valence-corrected chi connectivity index (χ2v) is 6.00. The summed E-state index contributed by atoms with van der Waals surface area (Å²) in [7, 11) is 1.54. The smallest absolute Gasteiger partial charge is 0.295 e. The van der Waals surface area contributed by atoms with Crippen molar-refractivity contribution in [3.63, 3.8) is 0 Å². The molecule has 0 saturated carbocycles. The SMILES string of the molecule is COc1cccc(NC(=O)c2cccn(OCc3ccc(C)cc3)c2=O)c1. The lowest BCUT2D eigenvalue weighted by Gasteiger charge is -2.11. The van der Waals surface area contributed by atoms with Crippen molar-refractivity contribution in [2.24, 2.45) is 0 Å². The average Bonchev–Trinajstić information content (AvgIpc) is 2.68.